The Hall–Kier alpha value is 0. The van der Waals surface area contributed by atoms with Crippen molar-refractivity contribution in [3.05, 3.63) is 0 Å². The molecule has 0 heteroatoms. The second-order valence-corrected chi connectivity index (χ2v) is 37.0. The molecule has 12 atom stereocenters. The average molecular weight is 1180 g/mol. The van der Waals surface area contributed by atoms with Gasteiger partial charge in [-0.15, -0.1) is 0 Å². The molecule has 0 spiro atoms. The van der Waals surface area contributed by atoms with Crippen LogP contribution in [0.15, 0.2) is 0 Å². The van der Waals surface area contributed by atoms with E-state index in [0.29, 0.717) is 0 Å². The third-order valence-corrected chi connectivity index (χ3v) is 31.4. The van der Waals surface area contributed by atoms with Crippen molar-refractivity contribution in [2.24, 2.45) is 130 Å². The minimum atomic E-state index is 1.15. The van der Waals surface area contributed by atoms with Crippen LogP contribution < -0.4 is 0 Å². The van der Waals surface area contributed by atoms with Crippen LogP contribution in [-0.4, -0.2) is 0 Å². The normalized spacial score (nSPS) is 45.5. The van der Waals surface area contributed by atoms with E-state index in [2.05, 4.69) is 0 Å². The zero-order chi connectivity index (χ0) is 58.0. The SMILES string of the molecule is C1CC2CC(C1)C2.C1CC2CCC(C1)C2.C1CC2CCC1C2.C1CC2CCC1CC2.C1CC2CCC2C1.C1CC2CCCC2C1.C1CCC2CC(C1)C2.C1CCC2CC2C1.C1CCC2CCC2C1.C1CCC2CCC2CC1.C1CCC2CCCC2C1. The van der Waals surface area contributed by atoms with Crippen molar-refractivity contribution in [3.63, 3.8) is 0 Å². The van der Waals surface area contributed by atoms with E-state index in [4.69, 9.17) is 0 Å². The van der Waals surface area contributed by atoms with Crippen molar-refractivity contribution in [2.75, 3.05) is 0 Å². The smallest absolute Gasteiger partial charge is 0.0383 e. The summed E-state index contributed by atoms with van der Waals surface area (Å²) in [4.78, 5) is 0. The van der Waals surface area contributed by atoms with E-state index >= 15 is 0 Å². The molecule has 10 bridgehead atoms. The van der Waals surface area contributed by atoms with Gasteiger partial charge in [-0.25, -0.2) is 0 Å². The van der Waals surface area contributed by atoms with Gasteiger partial charge in [-0.3, -0.25) is 0 Å². The highest BCUT2D eigenvalue weighted by molar-refractivity contribution is 4.91. The van der Waals surface area contributed by atoms with Crippen LogP contribution in [0.2, 0.25) is 0 Å². The molecular weight excluding hydrogens is 1030 g/mol. The van der Waals surface area contributed by atoms with Crippen molar-refractivity contribution in [1.29, 1.82) is 0 Å². The van der Waals surface area contributed by atoms with Gasteiger partial charge in [0, 0.05) is 0 Å². The molecule has 25 aliphatic carbocycles. The summed E-state index contributed by atoms with van der Waals surface area (Å²) in [7, 11) is 0. The second-order valence-electron chi connectivity index (χ2n) is 37.0. The first kappa shape index (κ1) is 66.0. The molecule has 494 valence electrons. The van der Waals surface area contributed by atoms with Crippen molar-refractivity contribution in [3.8, 4) is 0 Å². The van der Waals surface area contributed by atoms with Gasteiger partial charge in [-0.05, 0) is 214 Å². The van der Waals surface area contributed by atoms with E-state index in [9.17, 15) is 0 Å². The number of hydrogen-bond donors (Lipinski definition) is 0. The Morgan fingerprint density at radius 1 is 0.0814 bits per heavy atom. The summed E-state index contributed by atoms with van der Waals surface area (Å²) in [6.07, 6.45) is 99.5. The molecule has 25 aliphatic rings. The van der Waals surface area contributed by atoms with Crippen LogP contribution in [0.5, 0.6) is 0 Å². The van der Waals surface area contributed by atoms with E-state index in [1.54, 1.807) is 302 Å². The van der Waals surface area contributed by atoms with Crippen LogP contribution in [0.3, 0.4) is 0 Å². The highest BCUT2D eigenvalue weighted by Crippen LogP contribution is 2.52. The van der Waals surface area contributed by atoms with Crippen molar-refractivity contribution < 1.29 is 0 Å². The molecule has 25 saturated carbocycles. The molecular formula is C86H150. The Kier molecular flexibility index (Phi) is 27.3. The predicted octanol–water partition coefficient (Wildman–Crippen LogP) is 27.7. The van der Waals surface area contributed by atoms with Gasteiger partial charge in [0.1, 0.15) is 0 Å². The Morgan fingerprint density at radius 3 is 0.465 bits per heavy atom. The summed E-state index contributed by atoms with van der Waals surface area (Å²) in [6.45, 7) is 0. The molecule has 86 heavy (non-hydrogen) atoms. The van der Waals surface area contributed by atoms with Crippen LogP contribution in [0.4, 0.5) is 0 Å². The minimum Gasteiger partial charge on any atom is -0.0533 e. The predicted molar refractivity (Wildman–Crippen MR) is 372 cm³/mol. The topological polar surface area (TPSA) is 0 Å². The lowest BCUT2D eigenvalue weighted by atomic mass is 9.65. The molecule has 0 heterocycles. The van der Waals surface area contributed by atoms with Gasteiger partial charge in [-0.1, -0.05) is 327 Å². The Labute approximate surface area is 538 Å². The molecule has 0 aromatic carbocycles. The third-order valence-electron chi connectivity index (χ3n) is 31.4. The highest BCUT2D eigenvalue weighted by atomic mass is 14.4. The molecule has 0 nitrogen and oxygen atoms in total. The summed E-state index contributed by atoms with van der Waals surface area (Å²) in [5.41, 5.74) is 0. The first-order valence-electron chi connectivity index (χ1n) is 42.5. The van der Waals surface area contributed by atoms with E-state index < -0.39 is 0 Å². The van der Waals surface area contributed by atoms with Crippen LogP contribution in [0.25, 0.3) is 0 Å². The molecule has 0 saturated heterocycles. The first-order valence-corrected chi connectivity index (χ1v) is 42.5. The lowest BCUT2D eigenvalue weighted by Gasteiger charge is -2.40. The van der Waals surface area contributed by atoms with Gasteiger partial charge in [0.15, 0.2) is 0 Å². The van der Waals surface area contributed by atoms with Gasteiger partial charge >= 0.3 is 0 Å². The summed E-state index contributed by atoms with van der Waals surface area (Å²) >= 11 is 0. The lowest BCUT2D eigenvalue weighted by Crippen LogP contribution is -2.28. The quantitative estimate of drug-likeness (QED) is 0.227. The van der Waals surface area contributed by atoms with Crippen molar-refractivity contribution in [2.45, 2.75) is 411 Å². The molecule has 0 aliphatic heterocycles. The van der Waals surface area contributed by atoms with Gasteiger partial charge in [0.05, 0.1) is 0 Å². The summed E-state index contributed by atoms with van der Waals surface area (Å²) in [6, 6.07) is 0. The maximum atomic E-state index is 1.58. The molecule has 0 amide bonds. The Morgan fingerprint density at radius 2 is 0.244 bits per heavy atom. The molecule has 0 radical (unpaired) electrons. The Balaban J connectivity index is 0.0000000927. The molecule has 12 unspecified atom stereocenters. The van der Waals surface area contributed by atoms with Gasteiger partial charge in [-0.2, -0.15) is 0 Å². The zero-order valence-electron chi connectivity index (χ0n) is 58.0. The van der Waals surface area contributed by atoms with Gasteiger partial charge in [0.25, 0.3) is 0 Å². The maximum Gasteiger partial charge on any atom is -0.0383 e. The number of hydrogen-bond acceptors (Lipinski definition) is 0. The minimum absolute atomic E-state index is 1.15. The van der Waals surface area contributed by atoms with Crippen LogP contribution in [0.1, 0.15) is 411 Å². The van der Waals surface area contributed by atoms with Gasteiger partial charge in [0.2, 0.25) is 0 Å². The summed E-state index contributed by atoms with van der Waals surface area (Å²) in [5, 5.41) is 0. The fraction of sp³-hybridized carbons (Fsp3) is 1.00. The first-order chi connectivity index (χ1) is 42.5. The summed E-state index contributed by atoms with van der Waals surface area (Å²) in [5.74, 6) is 25.9. The summed E-state index contributed by atoms with van der Waals surface area (Å²) < 4.78 is 0. The highest BCUT2D eigenvalue weighted by Gasteiger charge is 2.39. The van der Waals surface area contributed by atoms with Crippen LogP contribution in [-0.2, 0) is 0 Å². The molecule has 0 N–H and O–H groups in total. The van der Waals surface area contributed by atoms with E-state index in [1.165, 1.54) is 216 Å². The third kappa shape index (κ3) is 20.7. The fourth-order valence-electron chi connectivity index (χ4n) is 24.8. The van der Waals surface area contributed by atoms with Crippen LogP contribution in [0, 0.1) is 130 Å². The lowest BCUT2D eigenvalue weighted by molar-refractivity contribution is 0.115. The van der Waals surface area contributed by atoms with Gasteiger partial charge < -0.3 is 0 Å². The standard InChI is InChI=1S/2C9H16.5C8H14.4C7H12/c1-2-5-9-7-3-6-8(9)4-1;1-2-4-8-6-7-9(8)5-3-1;1-3-7-5-2-6-8(7)4-1;1-2-8-5-3-7(1)4-6-8;1-2-7-4-5-8(3-1)6-7;1-2-4-8-5-7(3-1)6-8;1-2-4-8-6-5-7(8)3-1;1-2-7-4-3-6(1)5-7;1-2-6-4-7(3-1)5-6;1-2-6-4-5-7(6)3-1;1-2-4-7-5-6(7)3-1/h2*8-9H,1-7H2;5*7-8H,1-6H2;4*6-7H,1-5H2. The maximum absolute atomic E-state index is 1.58. The van der Waals surface area contributed by atoms with Crippen LogP contribution >= 0.6 is 0 Å². The zero-order valence-corrected chi connectivity index (χ0v) is 58.0. The van der Waals surface area contributed by atoms with Crippen molar-refractivity contribution >= 4 is 0 Å². The molecule has 0 aromatic rings. The fourth-order valence-corrected chi connectivity index (χ4v) is 24.8. The largest absolute Gasteiger partial charge is 0.0533 e. The number of rotatable bonds is 0. The van der Waals surface area contributed by atoms with E-state index in [-0.39, 0.29) is 0 Å². The molecule has 25 fully saturated rings. The number of fused-ring (bicyclic) bond motifs is 18. The molecule has 0 aromatic heterocycles. The monoisotopic (exact) mass is 1180 g/mol. The Bertz CT molecular complexity index is 1630. The van der Waals surface area contributed by atoms with E-state index in [1.807, 2.05) is 0 Å². The average Bonchev–Trinajstić information content (AvgIpc) is 4.18. The van der Waals surface area contributed by atoms with E-state index in [0.717, 1.165) is 23.7 Å². The second kappa shape index (κ2) is 35.5. The van der Waals surface area contributed by atoms with Crippen molar-refractivity contribution in [1.82, 2.24) is 0 Å². The molecule has 25 rings (SSSR count).